The van der Waals surface area contributed by atoms with E-state index in [9.17, 15) is 9.59 Å². The largest absolute Gasteiger partial charge is 0.448 e. The van der Waals surface area contributed by atoms with Crippen LogP contribution in [0.1, 0.15) is 11.7 Å². The van der Waals surface area contributed by atoms with E-state index in [1.54, 1.807) is 7.05 Å². The van der Waals surface area contributed by atoms with Gasteiger partial charge in [-0.1, -0.05) is 18.2 Å². The van der Waals surface area contributed by atoms with Crippen molar-refractivity contribution in [1.82, 2.24) is 5.32 Å². The molecular weight excluding hydrogens is 248 g/mol. The van der Waals surface area contributed by atoms with Crippen molar-refractivity contribution in [2.24, 2.45) is 5.92 Å². The van der Waals surface area contributed by atoms with E-state index in [-0.39, 0.29) is 5.92 Å². The first-order valence-corrected chi connectivity index (χ1v) is 6.12. The third kappa shape index (κ3) is 1.94. The van der Waals surface area contributed by atoms with E-state index in [0.29, 0.717) is 6.54 Å². The maximum absolute atomic E-state index is 11.6. The lowest BCUT2D eigenvalue weighted by molar-refractivity contribution is -0.167. The first kappa shape index (κ1) is 12.0. The molecule has 3 unspecified atom stereocenters. The molecule has 0 aromatic heterocycles. The minimum absolute atomic E-state index is 0.157. The number of esters is 2. The Morgan fingerprint density at radius 1 is 1.21 bits per heavy atom. The molecule has 100 valence electrons. The van der Waals surface area contributed by atoms with Crippen molar-refractivity contribution in [3.63, 3.8) is 0 Å². The number of para-hydroxylation sites is 1. The minimum atomic E-state index is -0.950. The third-order valence-electron chi connectivity index (χ3n) is 3.42. The molecule has 2 heterocycles. The molecule has 2 N–H and O–H groups in total. The molecule has 6 heteroatoms. The second kappa shape index (κ2) is 4.55. The van der Waals surface area contributed by atoms with E-state index in [1.165, 1.54) is 0 Å². The van der Waals surface area contributed by atoms with Crippen LogP contribution in [0, 0.1) is 5.92 Å². The highest BCUT2D eigenvalue weighted by molar-refractivity contribution is 6.30. The molecule has 19 heavy (non-hydrogen) atoms. The number of fused-ring (bicyclic) bond motifs is 4. The molecule has 1 fully saturated rings. The fourth-order valence-corrected chi connectivity index (χ4v) is 2.57. The minimum Gasteiger partial charge on any atom is -0.448 e. The predicted octanol–water partition coefficient (Wildman–Crippen LogP) is 0.415. The highest BCUT2D eigenvalue weighted by Crippen LogP contribution is 2.40. The molecule has 2 aliphatic heterocycles. The quantitative estimate of drug-likeness (QED) is 0.594. The summed E-state index contributed by atoms with van der Waals surface area (Å²) >= 11 is 0. The standard InChI is InChI=1S/C13H14N2O4/c1-14-6-8-10-7-4-2-3-5-9(7)15-11(8)19-13(17)12(16)18-10/h2-5,8,10-11,14-15H,6H2,1H3. The van der Waals surface area contributed by atoms with Gasteiger partial charge >= 0.3 is 11.9 Å². The van der Waals surface area contributed by atoms with Crippen LogP contribution < -0.4 is 10.6 Å². The van der Waals surface area contributed by atoms with Crippen LogP contribution in [0.3, 0.4) is 0 Å². The number of hydrogen-bond donors (Lipinski definition) is 2. The van der Waals surface area contributed by atoms with Crippen molar-refractivity contribution < 1.29 is 19.1 Å². The summed E-state index contributed by atoms with van der Waals surface area (Å²) < 4.78 is 10.4. The molecule has 0 spiro atoms. The van der Waals surface area contributed by atoms with Gasteiger partial charge in [-0.3, -0.25) is 0 Å². The van der Waals surface area contributed by atoms with E-state index < -0.39 is 24.3 Å². The van der Waals surface area contributed by atoms with Crippen molar-refractivity contribution in [3.05, 3.63) is 29.8 Å². The molecule has 1 saturated heterocycles. The Bertz CT molecular complexity index is 531. The molecule has 1 aromatic rings. The van der Waals surface area contributed by atoms with Gasteiger partial charge in [0, 0.05) is 17.8 Å². The fourth-order valence-electron chi connectivity index (χ4n) is 2.57. The average molecular weight is 262 g/mol. The molecular formula is C13H14N2O4. The van der Waals surface area contributed by atoms with E-state index in [2.05, 4.69) is 10.6 Å². The molecule has 2 bridgehead atoms. The summed E-state index contributed by atoms with van der Waals surface area (Å²) in [6, 6.07) is 7.51. The molecule has 0 aliphatic carbocycles. The van der Waals surface area contributed by atoms with Crippen LogP contribution in [0.4, 0.5) is 5.69 Å². The zero-order chi connectivity index (χ0) is 13.4. The first-order chi connectivity index (χ1) is 9.20. The highest BCUT2D eigenvalue weighted by atomic mass is 16.6. The molecule has 0 radical (unpaired) electrons. The second-order valence-electron chi connectivity index (χ2n) is 4.60. The summed E-state index contributed by atoms with van der Waals surface area (Å²) in [4.78, 5) is 23.1. The van der Waals surface area contributed by atoms with Gasteiger partial charge in [0.05, 0.1) is 5.92 Å². The molecule has 2 aliphatic rings. The normalized spacial score (nSPS) is 28.6. The van der Waals surface area contributed by atoms with Crippen LogP contribution in [0.15, 0.2) is 24.3 Å². The van der Waals surface area contributed by atoms with Gasteiger partial charge in [-0.05, 0) is 13.1 Å². The van der Waals surface area contributed by atoms with Gasteiger partial charge in [0.1, 0.15) is 6.10 Å². The molecule has 0 saturated carbocycles. The number of anilines is 1. The Balaban J connectivity index is 2.06. The summed E-state index contributed by atoms with van der Waals surface area (Å²) in [5.74, 6) is -2.05. The summed E-state index contributed by atoms with van der Waals surface area (Å²) in [6.07, 6.45) is -1.04. The predicted molar refractivity (Wildman–Crippen MR) is 66.2 cm³/mol. The van der Waals surface area contributed by atoms with E-state index >= 15 is 0 Å². The number of rotatable bonds is 2. The van der Waals surface area contributed by atoms with E-state index in [1.807, 2.05) is 24.3 Å². The van der Waals surface area contributed by atoms with Gasteiger partial charge in [0.15, 0.2) is 6.23 Å². The van der Waals surface area contributed by atoms with Crippen LogP contribution in [-0.2, 0) is 19.1 Å². The van der Waals surface area contributed by atoms with Crippen molar-refractivity contribution in [1.29, 1.82) is 0 Å². The summed E-state index contributed by atoms with van der Waals surface area (Å²) in [5.41, 5.74) is 1.69. The Labute approximate surface area is 110 Å². The van der Waals surface area contributed by atoms with Crippen LogP contribution in [0.2, 0.25) is 0 Å². The van der Waals surface area contributed by atoms with Gasteiger partial charge < -0.3 is 20.1 Å². The molecule has 6 nitrogen and oxygen atoms in total. The topological polar surface area (TPSA) is 76.7 Å². The zero-order valence-electron chi connectivity index (χ0n) is 10.4. The molecule has 3 atom stereocenters. The van der Waals surface area contributed by atoms with Crippen LogP contribution in [0.25, 0.3) is 0 Å². The SMILES string of the molecule is CNCC1C2Nc3ccccc3C1OC(=O)C(=O)O2. The maximum atomic E-state index is 11.6. The zero-order valence-corrected chi connectivity index (χ0v) is 10.4. The Kier molecular flexibility index (Phi) is 2.87. The summed E-state index contributed by atoms with van der Waals surface area (Å²) in [7, 11) is 1.80. The molecule has 3 rings (SSSR count). The van der Waals surface area contributed by atoms with Crippen LogP contribution in [0.5, 0.6) is 0 Å². The Hall–Kier alpha value is -2.08. The smallest absolute Gasteiger partial charge is 0.419 e. The van der Waals surface area contributed by atoms with Crippen molar-refractivity contribution in [2.75, 3.05) is 18.9 Å². The van der Waals surface area contributed by atoms with Gasteiger partial charge in [-0.25, -0.2) is 9.59 Å². The average Bonchev–Trinajstić information content (AvgIpc) is 2.49. The van der Waals surface area contributed by atoms with Gasteiger partial charge in [-0.15, -0.1) is 0 Å². The number of nitrogens with one attached hydrogen (secondary N) is 2. The number of benzene rings is 1. The summed E-state index contributed by atoms with van der Waals surface area (Å²) in [5, 5.41) is 6.17. The lowest BCUT2D eigenvalue weighted by atomic mass is 9.89. The Morgan fingerprint density at radius 2 is 1.95 bits per heavy atom. The molecule has 1 aromatic carbocycles. The monoisotopic (exact) mass is 262 g/mol. The molecule has 0 amide bonds. The Morgan fingerprint density at radius 3 is 2.74 bits per heavy atom. The number of carbonyl (C=O) groups excluding carboxylic acids is 2. The number of carbonyl (C=O) groups is 2. The highest BCUT2D eigenvalue weighted by Gasteiger charge is 2.45. The van der Waals surface area contributed by atoms with Crippen LogP contribution in [-0.4, -0.2) is 31.8 Å². The van der Waals surface area contributed by atoms with Crippen molar-refractivity contribution in [2.45, 2.75) is 12.3 Å². The van der Waals surface area contributed by atoms with Crippen molar-refractivity contribution in [3.8, 4) is 0 Å². The van der Waals surface area contributed by atoms with E-state index in [4.69, 9.17) is 9.47 Å². The maximum Gasteiger partial charge on any atom is 0.419 e. The lowest BCUT2D eigenvalue weighted by Crippen LogP contribution is -2.43. The van der Waals surface area contributed by atoms with Gasteiger partial charge in [-0.2, -0.15) is 0 Å². The second-order valence-corrected chi connectivity index (χ2v) is 4.60. The van der Waals surface area contributed by atoms with Gasteiger partial charge in [0.25, 0.3) is 0 Å². The van der Waals surface area contributed by atoms with E-state index in [0.717, 1.165) is 11.3 Å². The fraction of sp³-hybridized carbons (Fsp3) is 0.385. The number of ether oxygens (including phenoxy) is 2. The van der Waals surface area contributed by atoms with Gasteiger partial charge in [0.2, 0.25) is 0 Å². The lowest BCUT2D eigenvalue weighted by Gasteiger charge is -2.36. The van der Waals surface area contributed by atoms with Crippen LogP contribution >= 0.6 is 0 Å². The first-order valence-electron chi connectivity index (χ1n) is 6.12. The van der Waals surface area contributed by atoms with Crippen molar-refractivity contribution >= 4 is 17.6 Å². The third-order valence-corrected chi connectivity index (χ3v) is 3.42. The summed E-state index contributed by atoms with van der Waals surface area (Å²) in [6.45, 7) is 0.567. The number of hydrogen-bond acceptors (Lipinski definition) is 6.